The molecule has 0 fully saturated rings. The Bertz CT molecular complexity index is 430. The van der Waals surface area contributed by atoms with Crippen LogP contribution in [0, 0.1) is 0 Å². The van der Waals surface area contributed by atoms with E-state index in [4.69, 9.17) is 9.63 Å². The Morgan fingerprint density at radius 1 is 1.53 bits per heavy atom. The Kier molecular flexibility index (Phi) is 4.85. The fourth-order valence-corrected chi connectivity index (χ4v) is 1.59. The zero-order chi connectivity index (χ0) is 14.5. The van der Waals surface area contributed by atoms with Crippen molar-refractivity contribution in [2.45, 2.75) is 32.7 Å². The summed E-state index contributed by atoms with van der Waals surface area (Å²) in [5, 5.41) is 15.2. The number of carbonyl (C=O) groups is 2. The van der Waals surface area contributed by atoms with E-state index in [1.165, 1.54) is 25.1 Å². The van der Waals surface area contributed by atoms with Crippen LogP contribution in [0.5, 0.6) is 0 Å². The van der Waals surface area contributed by atoms with Crippen molar-refractivity contribution >= 4 is 12.0 Å². The first kappa shape index (κ1) is 14.9. The molecule has 2 amide bonds. The summed E-state index contributed by atoms with van der Waals surface area (Å²) < 4.78 is 4.79. The number of nitrogens with zero attached hydrogens (tertiary/aromatic N) is 3. The van der Waals surface area contributed by atoms with Crippen LogP contribution in [0.3, 0.4) is 0 Å². The molecule has 0 saturated heterocycles. The molecule has 1 aromatic rings. The lowest BCUT2D eigenvalue weighted by Gasteiger charge is -2.34. The first-order valence-corrected chi connectivity index (χ1v) is 5.94. The van der Waals surface area contributed by atoms with Gasteiger partial charge in [0.25, 0.3) is 0 Å². The molecule has 0 unspecified atom stereocenters. The second-order valence-corrected chi connectivity index (χ2v) is 4.43. The number of amides is 2. The molecule has 0 saturated carbocycles. The van der Waals surface area contributed by atoms with E-state index < -0.39 is 17.5 Å². The van der Waals surface area contributed by atoms with Gasteiger partial charge in [-0.05, 0) is 20.8 Å². The normalized spacial score (nSPS) is 11.1. The Hall–Kier alpha value is -2.12. The van der Waals surface area contributed by atoms with Gasteiger partial charge >= 0.3 is 12.0 Å². The molecule has 19 heavy (non-hydrogen) atoms. The van der Waals surface area contributed by atoms with Crippen molar-refractivity contribution in [3.8, 4) is 0 Å². The van der Waals surface area contributed by atoms with Crippen molar-refractivity contribution < 1.29 is 19.2 Å². The van der Waals surface area contributed by atoms with E-state index >= 15 is 0 Å². The van der Waals surface area contributed by atoms with Gasteiger partial charge in [0.1, 0.15) is 5.54 Å². The number of hydrogen-bond acceptors (Lipinski definition) is 5. The number of aromatic nitrogens is 2. The topological polar surface area (TPSA) is 109 Å². The van der Waals surface area contributed by atoms with Gasteiger partial charge in [0.2, 0.25) is 5.89 Å². The van der Waals surface area contributed by atoms with Crippen molar-refractivity contribution in [1.29, 1.82) is 0 Å². The van der Waals surface area contributed by atoms with E-state index in [9.17, 15) is 9.59 Å². The number of carboxylic acid groups (broad SMARTS) is 1. The number of nitrogens with one attached hydrogen (secondary N) is 1. The lowest BCUT2D eigenvalue weighted by molar-refractivity contribution is -0.147. The third kappa shape index (κ3) is 3.67. The third-order valence-corrected chi connectivity index (χ3v) is 2.78. The number of carbonyl (C=O) groups excluding carboxylic acids is 1. The summed E-state index contributed by atoms with van der Waals surface area (Å²) in [6.45, 7) is 5.29. The summed E-state index contributed by atoms with van der Waals surface area (Å²) in [5.74, 6) is -0.637. The Labute approximate surface area is 110 Å². The first-order valence-electron chi connectivity index (χ1n) is 5.94. The second-order valence-electron chi connectivity index (χ2n) is 4.43. The lowest BCUT2D eigenvalue weighted by atomic mass is 10.0. The highest BCUT2D eigenvalue weighted by atomic mass is 16.5. The molecule has 8 heteroatoms. The molecule has 8 nitrogen and oxygen atoms in total. The van der Waals surface area contributed by atoms with Gasteiger partial charge in [0, 0.05) is 19.5 Å². The molecule has 1 rings (SSSR count). The van der Waals surface area contributed by atoms with Crippen LogP contribution in [0.1, 0.15) is 26.7 Å². The molecule has 0 atom stereocenters. The highest BCUT2D eigenvalue weighted by Crippen LogP contribution is 2.14. The fraction of sp³-hybridized carbons (Fsp3) is 0.636. The Balaban J connectivity index is 2.52. The van der Waals surface area contributed by atoms with Gasteiger partial charge in [-0.25, -0.2) is 9.59 Å². The molecule has 0 aromatic carbocycles. The zero-order valence-corrected chi connectivity index (χ0v) is 11.2. The predicted molar refractivity (Wildman–Crippen MR) is 65.5 cm³/mol. The number of rotatable bonds is 6. The van der Waals surface area contributed by atoms with Crippen LogP contribution in [-0.4, -0.2) is 50.8 Å². The molecule has 0 spiro atoms. The van der Waals surface area contributed by atoms with Crippen molar-refractivity contribution in [1.82, 2.24) is 20.4 Å². The summed E-state index contributed by atoms with van der Waals surface area (Å²) >= 11 is 0. The number of aliphatic carboxylic acids is 1. The molecule has 0 radical (unpaired) electrons. The average Bonchev–Trinajstić information content (AvgIpc) is 2.82. The van der Waals surface area contributed by atoms with Gasteiger partial charge in [-0.1, -0.05) is 5.16 Å². The molecule has 0 bridgehead atoms. The van der Waals surface area contributed by atoms with Gasteiger partial charge < -0.3 is 19.8 Å². The van der Waals surface area contributed by atoms with E-state index in [1.54, 1.807) is 6.92 Å². The molecular weight excluding hydrogens is 252 g/mol. The van der Waals surface area contributed by atoms with Gasteiger partial charge in [-0.2, -0.15) is 4.98 Å². The first-order chi connectivity index (χ1) is 8.89. The fourth-order valence-electron chi connectivity index (χ4n) is 1.59. The van der Waals surface area contributed by atoms with Crippen molar-refractivity contribution in [3.63, 3.8) is 0 Å². The molecule has 106 valence electrons. The summed E-state index contributed by atoms with van der Waals surface area (Å²) in [6, 6.07) is -0.436. The van der Waals surface area contributed by atoms with Crippen LogP contribution in [-0.2, 0) is 11.2 Å². The minimum absolute atomic E-state index is 0.297. The van der Waals surface area contributed by atoms with Gasteiger partial charge in [-0.15, -0.1) is 0 Å². The maximum Gasteiger partial charge on any atom is 0.329 e. The Morgan fingerprint density at radius 2 is 2.21 bits per heavy atom. The summed E-state index contributed by atoms with van der Waals surface area (Å²) in [6.07, 6.45) is 1.68. The molecule has 1 heterocycles. The van der Waals surface area contributed by atoms with Crippen LogP contribution in [0.2, 0.25) is 0 Å². The number of carboxylic acids is 1. The molecular formula is C11H18N4O4. The van der Waals surface area contributed by atoms with E-state index in [-0.39, 0.29) is 0 Å². The quantitative estimate of drug-likeness (QED) is 0.779. The van der Waals surface area contributed by atoms with Gasteiger partial charge in [-0.3, -0.25) is 0 Å². The van der Waals surface area contributed by atoms with E-state index in [0.29, 0.717) is 25.4 Å². The van der Waals surface area contributed by atoms with E-state index in [1.807, 2.05) is 0 Å². The maximum atomic E-state index is 11.9. The number of hydrogen-bond donors (Lipinski definition) is 2. The SMILES string of the molecule is CCN(C(=O)NCCc1ncno1)C(C)(C)C(=O)O. The molecule has 0 aliphatic carbocycles. The van der Waals surface area contributed by atoms with Crippen molar-refractivity contribution in [2.75, 3.05) is 13.1 Å². The molecule has 0 aliphatic rings. The van der Waals surface area contributed by atoms with Crippen LogP contribution in [0.15, 0.2) is 10.9 Å². The molecule has 0 aliphatic heterocycles. The largest absolute Gasteiger partial charge is 0.480 e. The number of likely N-dealkylation sites (N-methyl/N-ethyl adjacent to an activating group) is 1. The van der Waals surface area contributed by atoms with Crippen LogP contribution < -0.4 is 5.32 Å². The van der Waals surface area contributed by atoms with Crippen LogP contribution in [0.25, 0.3) is 0 Å². The zero-order valence-electron chi connectivity index (χ0n) is 11.2. The molecule has 1 aromatic heterocycles. The van der Waals surface area contributed by atoms with E-state index in [2.05, 4.69) is 15.5 Å². The summed E-state index contributed by atoms with van der Waals surface area (Å²) in [4.78, 5) is 28.1. The predicted octanol–water partition coefficient (Wildman–Crippen LogP) is 0.507. The van der Waals surface area contributed by atoms with Gasteiger partial charge in [0.15, 0.2) is 6.33 Å². The van der Waals surface area contributed by atoms with Crippen LogP contribution >= 0.6 is 0 Å². The summed E-state index contributed by atoms with van der Waals surface area (Å²) in [5.41, 5.74) is -1.26. The number of urea groups is 1. The second kappa shape index (κ2) is 6.17. The minimum atomic E-state index is -1.26. The third-order valence-electron chi connectivity index (χ3n) is 2.78. The van der Waals surface area contributed by atoms with E-state index in [0.717, 1.165) is 0 Å². The highest BCUT2D eigenvalue weighted by Gasteiger charge is 2.36. The summed E-state index contributed by atoms with van der Waals surface area (Å²) in [7, 11) is 0. The Morgan fingerprint density at radius 3 is 2.68 bits per heavy atom. The molecule has 2 N–H and O–H groups in total. The van der Waals surface area contributed by atoms with Crippen LogP contribution in [0.4, 0.5) is 4.79 Å². The standard InChI is InChI=1S/C11H18N4O4/c1-4-15(11(2,3)9(16)17)10(18)12-6-5-8-13-7-14-19-8/h7H,4-6H2,1-3H3,(H,12,18)(H,16,17). The average molecular weight is 270 g/mol. The monoisotopic (exact) mass is 270 g/mol. The van der Waals surface area contributed by atoms with Gasteiger partial charge in [0.05, 0.1) is 0 Å². The smallest absolute Gasteiger partial charge is 0.329 e. The maximum absolute atomic E-state index is 11.9. The van der Waals surface area contributed by atoms with Crippen molar-refractivity contribution in [3.05, 3.63) is 12.2 Å². The lowest BCUT2D eigenvalue weighted by Crippen LogP contribution is -2.56. The minimum Gasteiger partial charge on any atom is -0.480 e. The highest BCUT2D eigenvalue weighted by molar-refractivity contribution is 5.85. The van der Waals surface area contributed by atoms with Crippen molar-refractivity contribution in [2.24, 2.45) is 0 Å².